The highest BCUT2D eigenvalue weighted by Gasteiger charge is 2.38. The van der Waals surface area contributed by atoms with Crippen LogP contribution < -0.4 is 21.2 Å². The summed E-state index contributed by atoms with van der Waals surface area (Å²) < 4.78 is 53.5. The van der Waals surface area contributed by atoms with Gasteiger partial charge in [0.1, 0.15) is 0 Å². The molecule has 0 heterocycles. The number of rotatable bonds is 8. The quantitative estimate of drug-likeness (QED) is 0.0525. The Labute approximate surface area is 458 Å². The maximum absolute atomic E-state index is 13.4. The molecule has 0 aromatic heterocycles. The first-order chi connectivity index (χ1) is 35.5. The number of hydrogen-bond donors (Lipinski definition) is 8. The molecule has 8 rings (SSSR count). The average molecular weight is 1140 g/mol. The zero-order chi connectivity index (χ0) is 59.1. The van der Waals surface area contributed by atoms with Crippen molar-refractivity contribution in [1.82, 2.24) is 0 Å². The van der Waals surface area contributed by atoms with E-state index in [2.05, 4.69) is 41.5 Å². The van der Waals surface area contributed by atoms with Crippen LogP contribution in [-0.2, 0) is 18.3 Å². The molecule has 8 aromatic rings. The Hall–Kier alpha value is -4.60. The van der Waals surface area contributed by atoms with Gasteiger partial charge in [-0.3, -0.25) is 18.3 Å². The van der Waals surface area contributed by atoms with E-state index in [-0.39, 0.29) is 21.2 Å². The molecule has 12 nitrogen and oxygen atoms in total. The van der Waals surface area contributed by atoms with E-state index in [0.717, 1.165) is 110 Å². The van der Waals surface area contributed by atoms with Crippen LogP contribution in [0.1, 0.15) is 122 Å². The van der Waals surface area contributed by atoms with Crippen LogP contribution >= 0.6 is 30.4 Å². The van der Waals surface area contributed by atoms with E-state index in [0.29, 0.717) is 89.0 Å². The molecule has 414 valence electrons. The lowest BCUT2D eigenvalue weighted by atomic mass is 9.70. The van der Waals surface area contributed by atoms with Gasteiger partial charge in [0, 0.05) is 0 Å². The Kier molecular flexibility index (Phi) is 14.5. The Morgan fingerprint density at radius 2 is 0.295 bits per heavy atom. The minimum atomic E-state index is -4.78. The molecule has 78 heavy (non-hydrogen) atoms. The molecule has 8 N–H and O–H groups in total. The molecule has 0 aliphatic heterocycles. The molecule has 0 fully saturated rings. The van der Waals surface area contributed by atoms with Crippen molar-refractivity contribution in [3.8, 4) is 44.5 Å². The summed E-state index contributed by atoms with van der Waals surface area (Å²) >= 11 is 0. The molecule has 8 aromatic carbocycles. The third-order valence-electron chi connectivity index (χ3n) is 18.9. The molecule has 16 heteroatoms. The smallest absolute Gasteiger partial charge is 0.321 e. The maximum Gasteiger partial charge on any atom is 0.356 e. The summed E-state index contributed by atoms with van der Waals surface area (Å²) in [5, 5.41) is 5.32. The van der Waals surface area contributed by atoms with Crippen molar-refractivity contribution in [2.24, 2.45) is 0 Å². The van der Waals surface area contributed by atoms with Crippen molar-refractivity contribution in [2.45, 2.75) is 152 Å². The molecule has 0 atom stereocenters. The summed E-state index contributed by atoms with van der Waals surface area (Å²) in [6, 6.07) is 0. The third-order valence-corrected chi connectivity index (χ3v) is 23.9. The zero-order valence-corrected chi connectivity index (χ0v) is 52.6. The molecule has 0 aliphatic rings. The first-order valence-electron chi connectivity index (χ1n) is 26.0. The molecule has 0 unspecified atom stereocenters. The largest absolute Gasteiger partial charge is 0.356 e. The zero-order valence-electron chi connectivity index (χ0n) is 49.0. The molecule has 0 saturated carbocycles. The van der Waals surface area contributed by atoms with Crippen molar-refractivity contribution >= 4 is 83.9 Å². The molecular weight excluding hydrogens is 1060 g/mol. The van der Waals surface area contributed by atoms with Crippen LogP contribution in [0.2, 0.25) is 0 Å². The lowest BCUT2D eigenvalue weighted by molar-refractivity contribution is 0.385. The van der Waals surface area contributed by atoms with E-state index in [4.69, 9.17) is 0 Å². The van der Waals surface area contributed by atoms with Crippen LogP contribution in [0, 0.1) is 152 Å². The molecule has 0 amide bonds. The monoisotopic (exact) mass is 1130 g/mol. The van der Waals surface area contributed by atoms with Crippen LogP contribution in [0.25, 0.3) is 76.8 Å². The Balaban J connectivity index is 1.88. The van der Waals surface area contributed by atoms with Crippen molar-refractivity contribution in [2.75, 3.05) is 0 Å². The van der Waals surface area contributed by atoms with Crippen LogP contribution in [0.5, 0.6) is 0 Å². The topological polar surface area (TPSA) is 230 Å². The van der Waals surface area contributed by atoms with Crippen molar-refractivity contribution in [1.29, 1.82) is 0 Å². The minimum absolute atomic E-state index is 0.0193. The average Bonchev–Trinajstić information content (AvgIpc) is 3.30. The number of hydrogen-bond acceptors (Lipinski definition) is 4. The summed E-state index contributed by atoms with van der Waals surface area (Å²) in [4.78, 5) is 87.1. The van der Waals surface area contributed by atoms with Crippen molar-refractivity contribution < 1.29 is 57.4 Å². The first kappa shape index (κ1) is 59.5. The molecule has 0 saturated heterocycles. The second-order valence-electron chi connectivity index (χ2n) is 22.6. The van der Waals surface area contributed by atoms with Gasteiger partial charge in [-0.2, -0.15) is 0 Å². The Bertz CT molecular complexity index is 3650. The summed E-state index contributed by atoms with van der Waals surface area (Å²) in [7, 11) is -19.1. The van der Waals surface area contributed by atoms with E-state index in [1.54, 1.807) is 55.4 Å². The van der Waals surface area contributed by atoms with E-state index in [1.807, 2.05) is 55.4 Å². The molecule has 0 radical (unpaired) electrons. The highest BCUT2D eigenvalue weighted by Crippen LogP contribution is 2.59. The van der Waals surface area contributed by atoms with Crippen LogP contribution in [0.4, 0.5) is 0 Å². The molecule has 0 aliphatic carbocycles. The van der Waals surface area contributed by atoms with Crippen LogP contribution in [0.3, 0.4) is 0 Å². The van der Waals surface area contributed by atoms with Crippen molar-refractivity contribution in [3.05, 3.63) is 122 Å². The summed E-state index contributed by atoms with van der Waals surface area (Å²) in [5.74, 6) is 0. The predicted octanol–water partition coefficient (Wildman–Crippen LogP) is 13.2. The first-order valence-corrected chi connectivity index (χ1v) is 32.4. The Morgan fingerprint density at radius 1 is 0.167 bits per heavy atom. The fourth-order valence-electron chi connectivity index (χ4n) is 14.2. The molecule has 0 spiro atoms. The van der Waals surface area contributed by atoms with Gasteiger partial charge in [0.05, 0.1) is 21.2 Å². The van der Waals surface area contributed by atoms with E-state index in [1.165, 1.54) is 0 Å². The second-order valence-corrected chi connectivity index (χ2v) is 28.7. The van der Waals surface area contributed by atoms with Gasteiger partial charge >= 0.3 is 30.4 Å². The molecular formula is C62H74O12P4. The predicted molar refractivity (Wildman–Crippen MR) is 323 cm³/mol. The SMILES string of the molecule is Cc1c(C)c(P(=O)(O)O)c(C)c(C)c1-c1c(C)c(-c2c(C)c(C)c(P(=O)(O)O)c(C)c2C)c2c(C)c(C)c3c(-c4c(C)c(C)c(P(=O)(O)O)c(C)c4C)c(C)c(-c4c(C)c(C)c(P(=O)(O)O)c(C)c4C)c4c(C)c(C)c1c2c43. The van der Waals surface area contributed by atoms with Gasteiger partial charge in [0.15, 0.2) is 0 Å². The molecule has 0 bridgehead atoms. The standard InChI is InChI=1S/C62H74O12P4/c1-23-24(2)50-54(46-29(7)37(15)60(76(66,67)68)38(16)30(46)8)44(22)56(48-33(11)41(19)62(78(72,73)74)42(20)34(48)12)52-26(4)25(3)51-55(47-31(9)39(17)61(77(69,70)71)40(18)32(47)10)43(21)53(49(23)57(51)58(50)52)45-27(5)35(13)59(75(63,64)65)36(14)28(45)6/h1-22H3,(H2,63,64,65)(H2,66,67,68)(H2,69,70,71)(H2,72,73,74). The Morgan fingerprint density at radius 3 is 0.410 bits per heavy atom. The van der Waals surface area contributed by atoms with Crippen LogP contribution in [-0.4, -0.2) is 39.1 Å². The van der Waals surface area contributed by atoms with Gasteiger partial charge in [-0.05, 0) is 352 Å². The fraction of sp³-hybridized carbons (Fsp3) is 0.355. The summed E-state index contributed by atoms with van der Waals surface area (Å²) in [5.41, 5.74) is 21.2. The van der Waals surface area contributed by atoms with Gasteiger partial charge in [0.2, 0.25) is 0 Å². The normalized spacial score (nSPS) is 12.9. The fourth-order valence-corrected chi connectivity index (χ4v) is 19.0. The van der Waals surface area contributed by atoms with Crippen molar-refractivity contribution in [3.63, 3.8) is 0 Å². The van der Waals surface area contributed by atoms with Gasteiger partial charge < -0.3 is 39.1 Å². The lowest BCUT2D eigenvalue weighted by Crippen LogP contribution is -2.19. The highest BCUT2D eigenvalue weighted by molar-refractivity contribution is 7.61. The van der Waals surface area contributed by atoms with Gasteiger partial charge in [-0.1, -0.05) is 0 Å². The highest BCUT2D eigenvalue weighted by atomic mass is 31.2. The number of aryl methyl sites for hydroxylation is 4. The summed E-state index contributed by atoms with van der Waals surface area (Å²) in [6.07, 6.45) is 0. The second kappa shape index (κ2) is 19.0. The maximum atomic E-state index is 13.4. The van der Waals surface area contributed by atoms with Gasteiger partial charge in [-0.15, -0.1) is 0 Å². The van der Waals surface area contributed by atoms with Gasteiger partial charge in [-0.25, -0.2) is 0 Å². The van der Waals surface area contributed by atoms with E-state index in [9.17, 15) is 57.4 Å². The van der Waals surface area contributed by atoms with E-state index < -0.39 is 30.4 Å². The van der Waals surface area contributed by atoms with Crippen LogP contribution in [0.15, 0.2) is 0 Å². The lowest BCUT2D eigenvalue weighted by Gasteiger charge is -2.33. The van der Waals surface area contributed by atoms with E-state index >= 15 is 0 Å². The minimum Gasteiger partial charge on any atom is -0.321 e. The number of benzene rings is 8. The third kappa shape index (κ3) is 8.23. The van der Waals surface area contributed by atoms with Gasteiger partial charge in [0.25, 0.3) is 0 Å². The summed E-state index contributed by atoms with van der Waals surface area (Å²) in [6.45, 7) is 41.8.